The summed E-state index contributed by atoms with van der Waals surface area (Å²) in [4.78, 5) is 13.3. The molecule has 0 aliphatic carbocycles. The minimum Gasteiger partial charge on any atom is -0.407 e. The lowest BCUT2D eigenvalue weighted by Gasteiger charge is -2.26. The van der Waals surface area contributed by atoms with Gasteiger partial charge in [0.1, 0.15) is 0 Å². The SMILES string of the molecule is O=C(Oc1cccc(Br)c1F)N1CCNCC1. The Kier molecular flexibility index (Phi) is 3.96. The molecule has 6 heteroatoms. The van der Waals surface area contributed by atoms with Crippen molar-refractivity contribution in [1.29, 1.82) is 0 Å². The van der Waals surface area contributed by atoms with Crippen molar-refractivity contribution in [3.05, 3.63) is 28.5 Å². The van der Waals surface area contributed by atoms with E-state index in [1.165, 1.54) is 6.07 Å². The van der Waals surface area contributed by atoms with Crippen molar-refractivity contribution in [1.82, 2.24) is 10.2 Å². The van der Waals surface area contributed by atoms with Gasteiger partial charge in [0, 0.05) is 26.2 Å². The van der Waals surface area contributed by atoms with Gasteiger partial charge in [-0.1, -0.05) is 6.07 Å². The van der Waals surface area contributed by atoms with E-state index in [4.69, 9.17) is 4.74 Å². The Bertz CT molecular complexity index is 422. The molecule has 1 aromatic rings. The van der Waals surface area contributed by atoms with Crippen LogP contribution < -0.4 is 10.1 Å². The van der Waals surface area contributed by atoms with E-state index in [1.807, 2.05) is 0 Å². The van der Waals surface area contributed by atoms with E-state index in [9.17, 15) is 9.18 Å². The molecule has 0 atom stereocenters. The lowest BCUT2D eigenvalue weighted by Crippen LogP contribution is -2.47. The molecule has 0 aromatic heterocycles. The van der Waals surface area contributed by atoms with E-state index >= 15 is 0 Å². The standard InChI is InChI=1S/C11H12BrFN2O2/c12-8-2-1-3-9(10(8)13)17-11(16)15-6-4-14-5-7-15/h1-3,14H,4-7H2. The Morgan fingerprint density at radius 1 is 1.41 bits per heavy atom. The molecule has 92 valence electrons. The molecule has 1 N–H and O–H groups in total. The fourth-order valence-corrected chi connectivity index (χ4v) is 1.92. The lowest BCUT2D eigenvalue weighted by molar-refractivity contribution is 0.144. The van der Waals surface area contributed by atoms with Gasteiger partial charge in [0.2, 0.25) is 0 Å². The number of nitrogens with zero attached hydrogens (tertiary/aromatic N) is 1. The van der Waals surface area contributed by atoms with E-state index in [0.29, 0.717) is 13.1 Å². The van der Waals surface area contributed by atoms with Crippen molar-refractivity contribution >= 4 is 22.0 Å². The Morgan fingerprint density at radius 3 is 2.82 bits per heavy atom. The van der Waals surface area contributed by atoms with E-state index in [-0.39, 0.29) is 10.2 Å². The summed E-state index contributed by atoms with van der Waals surface area (Å²) in [6.07, 6.45) is -0.511. The summed E-state index contributed by atoms with van der Waals surface area (Å²) in [6, 6.07) is 4.60. The summed E-state index contributed by atoms with van der Waals surface area (Å²) in [5, 5.41) is 3.12. The molecule has 4 nitrogen and oxygen atoms in total. The lowest BCUT2D eigenvalue weighted by atomic mass is 10.3. The molecule has 0 unspecified atom stereocenters. The highest BCUT2D eigenvalue weighted by Gasteiger charge is 2.19. The molecule has 0 radical (unpaired) electrons. The van der Waals surface area contributed by atoms with Crippen LogP contribution >= 0.6 is 15.9 Å². The third kappa shape index (κ3) is 2.95. The fraction of sp³-hybridized carbons (Fsp3) is 0.364. The van der Waals surface area contributed by atoms with Gasteiger partial charge in [-0.15, -0.1) is 0 Å². The first kappa shape index (κ1) is 12.3. The van der Waals surface area contributed by atoms with Crippen LogP contribution in [-0.4, -0.2) is 37.2 Å². The van der Waals surface area contributed by atoms with Crippen LogP contribution in [0.3, 0.4) is 0 Å². The van der Waals surface area contributed by atoms with E-state index in [0.717, 1.165) is 13.1 Å². The number of halogens is 2. The number of rotatable bonds is 1. The van der Waals surface area contributed by atoms with Gasteiger partial charge in [-0.25, -0.2) is 9.18 Å². The molecule has 1 saturated heterocycles. The van der Waals surface area contributed by atoms with Gasteiger partial charge in [0.15, 0.2) is 11.6 Å². The number of ether oxygens (including phenoxy) is 1. The highest BCUT2D eigenvalue weighted by molar-refractivity contribution is 9.10. The van der Waals surface area contributed by atoms with Crippen LogP contribution in [0, 0.1) is 5.82 Å². The van der Waals surface area contributed by atoms with Crippen LogP contribution in [0.4, 0.5) is 9.18 Å². The molecule has 1 fully saturated rings. The van der Waals surface area contributed by atoms with Crippen LogP contribution in [0.15, 0.2) is 22.7 Å². The third-order valence-corrected chi connectivity index (χ3v) is 3.10. The van der Waals surface area contributed by atoms with Crippen LogP contribution in [-0.2, 0) is 0 Å². The predicted molar refractivity (Wildman–Crippen MR) is 64.6 cm³/mol. The molecule has 1 aromatic carbocycles. The van der Waals surface area contributed by atoms with E-state index in [1.54, 1.807) is 17.0 Å². The van der Waals surface area contributed by atoms with Gasteiger partial charge in [-0.3, -0.25) is 0 Å². The van der Waals surface area contributed by atoms with Gasteiger partial charge < -0.3 is 15.0 Å². The first-order chi connectivity index (χ1) is 8.18. The molecule has 1 aliphatic heterocycles. The van der Waals surface area contributed by atoms with Crippen molar-refractivity contribution in [2.24, 2.45) is 0 Å². The first-order valence-corrected chi connectivity index (χ1v) is 6.09. The maximum absolute atomic E-state index is 13.6. The predicted octanol–water partition coefficient (Wildman–Crippen LogP) is 1.99. The summed E-state index contributed by atoms with van der Waals surface area (Å²) in [7, 11) is 0. The molecule has 0 saturated carbocycles. The van der Waals surface area contributed by atoms with Crippen molar-refractivity contribution in [2.45, 2.75) is 0 Å². The quantitative estimate of drug-likeness (QED) is 0.863. The number of amides is 1. The fourth-order valence-electron chi connectivity index (χ4n) is 1.57. The average molecular weight is 303 g/mol. The number of piperazine rings is 1. The average Bonchev–Trinajstić information content (AvgIpc) is 2.36. The molecular formula is C11H12BrFN2O2. The molecule has 0 spiro atoms. The second kappa shape index (κ2) is 5.46. The zero-order valence-corrected chi connectivity index (χ0v) is 10.7. The molecule has 1 heterocycles. The number of hydrogen-bond donors (Lipinski definition) is 1. The third-order valence-electron chi connectivity index (χ3n) is 2.49. The highest BCUT2D eigenvalue weighted by atomic mass is 79.9. The van der Waals surface area contributed by atoms with E-state index < -0.39 is 11.9 Å². The second-order valence-corrected chi connectivity index (χ2v) is 4.51. The Labute approximate surface area is 107 Å². The molecule has 1 aliphatic rings. The van der Waals surface area contributed by atoms with E-state index in [2.05, 4.69) is 21.2 Å². The Balaban J connectivity index is 2.04. The molecule has 2 rings (SSSR count). The smallest absolute Gasteiger partial charge is 0.407 e. The first-order valence-electron chi connectivity index (χ1n) is 5.30. The Hall–Kier alpha value is -1.14. The van der Waals surface area contributed by atoms with Gasteiger partial charge in [-0.05, 0) is 28.1 Å². The number of nitrogens with one attached hydrogen (secondary N) is 1. The van der Waals surface area contributed by atoms with Crippen molar-refractivity contribution in [3.63, 3.8) is 0 Å². The molecular weight excluding hydrogens is 291 g/mol. The van der Waals surface area contributed by atoms with Crippen molar-refractivity contribution in [2.75, 3.05) is 26.2 Å². The minimum absolute atomic E-state index is 0.0529. The van der Waals surface area contributed by atoms with Crippen molar-refractivity contribution < 1.29 is 13.9 Å². The minimum atomic E-state index is -0.559. The monoisotopic (exact) mass is 302 g/mol. The summed E-state index contributed by atoms with van der Waals surface area (Å²) >= 11 is 3.04. The number of carbonyl (C=O) groups is 1. The second-order valence-electron chi connectivity index (χ2n) is 3.66. The summed E-state index contributed by atoms with van der Waals surface area (Å²) in [5.41, 5.74) is 0. The zero-order chi connectivity index (χ0) is 12.3. The van der Waals surface area contributed by atoms with Gasteiger partial charge in [0.05, 0.1) is 4.47 Å². The zero-order valence-electron chi connectivity index (χ0n) is 9.08. The highest BCUT2D eigenvalue weighted by Crippen LogP contribution is 2.24. The summed E-state index contributed by atoms with van der Waals surface area (Å²) in [6.45, 7) is 2.62. The molecule has 0 bridgehead atoms. The summed E-state index contributed by atoms with van der Waals surface area (Å²) in [5.74, 6) is -0.612. The number of hydrogen-bond acceptors (Lipinski definition) is 3. The van der Waals surface area contributed by atoms with Crippen LogP contribution in [0.5, 0.6) is 5.75 Å². The normalized spacial score (nSPS) is 15.8. The number of benzene rings is 1. The van der Waals surface area contributed by atoms with Gasteiger partial charge in [-0.2, -0.15) is 0 Å². The van der Waals surface area contributed by atoms with Crippen LogP contribution in [0.2, 0.25) is 0 Å². The maximum Gasteiger partial charge on any atom is 0.415 e. The number of carbonyl (C=O) groups excluding carboxylic acids is 1. The van der Waals surface area contributed by atoms with Crippen LogP contribution in [0.1, 0.15) is 0 Å². The van der Waals surface area contributed by atoms with Gasteiger partial charge in [0.25, 0.3) is 0 Å². The largest absolute Gasteiger partial charge is 0.415 e. The molecule has 1 amide bonds. The molecule has 17 heavy (non-hydrogen) atoms. The van der Waals surface area contributed by atoms with Crippen molar-refractivity contribution in [3.8, 4) is 5.75 Å². The van der Waals surface area contributed by atoms with Crippen LogP contribution in [0.25, 0.3) is 0 Å². The topological polar surface area (TPSA) is 41.6 Å². The van der Waals surface area contributed by atoms with Gasteiger partial charge >= 0.3 is 6.09 Å². The summed E-state index contributed by atoms with van der Waals surface area (Å²) < 4.78 is 18.9. The maximum atomic E-state index is 13.6. The Morgan fingerprint density at radius 2 is 2.12 bits per heavy atom.